The molecule has 1 aromatic carbocycles. The van der Waals surface area contributed by atoms with Gasteiger partial charge < -0.3 is 4.90 Å². The van der Waals surface area contributed by atoms with Crippen molar-refractivity contribution < 1.29 is 0 Å². The van der Waals surface area contributed by atoms with E-state index in [1.54, 1.807) is 0 Å². The van der Waals surface area contributed by atoms with Crippen molar-refractivity contribution in [2.45, 2.75) is 19.8 Å². The molecule has 1 aliphatic heterocycles. The zero-order valence-corrected chi connectivity index (χ0v) is 10.0. The van der Waals surface area contributed by atoms with Crippen LogP contribution in [0.5, 0.6) is 0 Å². The first-order valence-electron chi connectivity index (χ1n) is 4.78. The minimum atomic E-state index is 1.24. The van der Waals surface area contributed by atoms with Crippen molar-refractivity contribution in [3.8, 4) is 0 Å². The quantitative estimate of drug-likeness (QED) is 0.717. The smallest absolute Gasteiger partial charge is 0.0369 e. The second-order valence-electron chi connectivity index (χ2n) is 3.63. The second-order valence-corrected chi connectivity index (χ2v) is 4.79. The van der Waals surface area contributed by atoms with Crippen LogP contribution < -0.4 is 4.90 Å². The molecule has 0 radical (unpaired) electrons. The highest BCUT2D eigenvalue weighted by molar-refractivity contribution is 14.1. The average Bonchev–Trinajstić information content (AvgIpc) is 2.62. The van der Waals surface area contributed by atoms with Crippen LogP contribution in [0, 0.1) is 10.5 Å². The van der Waals surface area contributed by atoms with Crippen LogP contribution in [0.25, 0.3) is 0 Å². The molecule has 0 aromatic heterocycles. The number of anilines is 1. The van der Waals surface area contributed by atoms with Gasteiger partial charge >= 0.3 is 0 Å². The molecule has 0 spiro atoms. The van der Waals surface area contributed by atoms with Gasteiger partial charge in [0.1, 0.15) is 0 Å². The van der Waals surface area contributed by atoms with E-state index >= 15 is 0 Å². The summed E-state index contributed by atoms with van der Waals surface area (Å²) in [6.45, 7) is 4.65. The summed E-state index contributed by atoms with van der Waals surface area (Å²) in [7, 11) is 0. The average molecular weight is 287 g/mol. The lowest BCUT2D eigenvalue weighted by Gasteiger charge is -2.18. The molecular weight excluding hydrogens is 273 g/mol. The third-order valence-corrected chi connectivity index (χ3v) is 3.82. The molecule has 0 N–H and O–H groups in total. The first-order valence-corrected chi connectivity index (χ1v) is 5.86. The van der Waals surface area contributed by atoms with Gasteiger partial charge in [-0.15, -0.1) is 0 Å². The number of nitrogens with zero attached hydrogens (tertiary/aromatic N) is 1. The van der Waals surface area contributed by atoms with Gasteiger partial charge in [-0.3, -0.25) is 0 Å². The van der Waals surface area contributed by atoms with Gasteiger partial charge in [-0.2, -0.15) is 0 Å². The Labute approximate surface area is 93.3 Å². The van der Waals surface area contributed by atoms with Gasteiger partial charge in [0.05, 0.1) is 0 Å². The predicted octanol–water partition coefficient (Wildman–Crippen LogP) is 3.20. The van der Waals surface area contributed by atoms with E-state index in [1.807, 2.05) is 0 Å². The highest BCUT2D eigenvalue weighted by Crippen LogP contribution is 2.23. The summed E-state index contributed by atoms with van der Waals surface area (Å²) in [5.74, 6) is 0. The number of hydrogen-bond donors (Lipinski definition) is 0. The normalized spacial score (nSPS) is 16.6. The van der Waals surface area contributed by atoms with Gasteiger partial charge in [0.2, 0.25) is 0 Å². The Hall–Kier alpha value is -0.250. The summed E-state index contributed by atoms with van der Waals surface area (Å²) >= 11 is 2.39. The first-order chi connectivity index (χ1) is 6.27. The summed E-state index contributed by atoms with van der Waals surface area (Å²) in [6, 6.07) is 6.75. The zero-order valence-electron chi connectivity index (χ0n) is 7.89. The van der Waals surface area contributed by atoms with E-state index in [2.05, 4.69) is 52.6 Å². The highest BCUT2D eigenvalue weighted by Gasteiger charge is 2.12. The van der Waals surface area contributed by atoms with E-state index in [1.165, 1.54) is 40.8 Å². The molecule has 1 heterocycles. The van der Waals surface area contributed by atoms with Crippen LogP contribution in [0.2, 0.25) is 0 Å². The van der Waals surface area contributed by atoms with E-state index in [9.17, 15) is 0 Å². The van der Waals surface area contributed by atoms with Gasteiger partial charge in [0.25, 0.3) is 0 Å². The summed E-state index contributed by atoms with van der Waals surface area (Å²) in [5, 5.41) is 0. The summed E-state index contributed by atoms with van der Waals surface area (Å²) in [4.78, 5) is 2.48. The molecule has 0 bridgehead atoms. The molecule has 0 unspecified atom stereocenters. The molecule has 0 amide bonds. The Morgan fingerprint density at radius 2 is 1.92 bits per heavy atom. The molecule has 70 valence electrons. The van der Waals surface area contributed by atoms with Crippen LogP contribution in [0.4, 0.5) is 5.69 Å². The Bertz CT molecular complexity index is 303. The zero-order chi connectivity index (χ0) is 9.26. The fraction of sp³-hybridized carbons (Fsp3) is 0.455. The fourth-order valence-corrected chi connectivity index (χ4v) is 2.14. The third-order valence-electron chi connectivity index (χ3n) is 2.61. The van der Waals surface area contributed by atoms with Gasteiger partial charge in [-0.05, 0) is 66.1 Å². The topological polar surface area (TPSA) is 3.24 Å². The predicted molar refractivity (Wildman–Crippen MR) is 65.3 cm³/mol. The van der Waals surface area contributed by atoms with Crippen LogP contribution in [-0.4, -0.2) is 13.1 Å². The number of halogens is 1. The van der Waals surface area contributed by atoms with Crippen molar-refractivity contribution in [3.05, 3.63) is 27.3 Å². The van der Waals surface area contributed by atoms with E-state index in [0.717, 1.165) is 0 Å². The van der Waals surface area contributed by atoms with Crippen LogP contribution >= 0.6 is 22.6 Å². The molecule has 0 aliphatic carbocycles. The molecule has 2 rings (SSSR count). The molecule has 1 saturated heterocycles. The van der Waals surface area contributed by atoms with Crippen LogP contribution in [-0.2, 0) is 0 Å². The molecule has 0 saturated carbocycles. The number of benzene rings is 1. The van der Waals surface area contributed by atoms with Crippen molar-refractivity contribution in [3.63, 3.8) is 0 Å². The van der Waals surface area contributed by atoms with Crippen molar-refractivity contribution >= 4 is 28.3 Å². The highest BCUT2D eigenvalue weighted by atomic mass is 127. The number of aryl methyl sites for hydroxylation is 1. The van der Waals surface area contributed by atoms with E-state index < -0.39 is 0 Å². The molecule has 2 heteroatoms. The molecule has 1 aromatic rings. The largest absolute Gasteiger partial charge is 0.372 e. The van der Waals surface area contributed by atoms with Crippen molar-refractivity contribution in [1.29, 1.82) is 0 Å². The molecular formula is C11H14IN. The summed E-state index contributed by atoms with van der Waals surface area (Å²) in [5.41, 5.74) is 2.79. The molecule has 0 atom stereocenters. The Balaban J connectivity index is 2.25. The van der Waals surface area contributed by atoms with E-state index in [-0.39, 0.29) is 0 Å². The lowest BCUT2D eigenvalue weighted by Crippen LogP contribution is -2.17. The Kier molecular flexibility index (Phi) is 2.77. The lowest BCUT2D eigenvalue weighted by molar-refractivity contribution is 0.949. The minimum absolute atomic E-state index is 1.24. The van der Waals surface area contributed by atoms with Gasteiger partial charge in [-0.25, -0.2) is 0 Å². The van der Waals surface area contributed by atoms with Crippen LogP contribution in [0.3, 0.4) is 0 Å². The Morgan fingerprint density at radius 3 is 2.54 bits per heavy atom. The minimum Gasteiger partial charge on any atom is -0.372 e. The van der Waals surface area contributed by atoms with Gasteiger partial charge in [0, 0.05) is 22.3 Å². The monoisotopic (exact) mass is 287 g/mol. The summed E-state index contributed by atoms with van der Waals surface area (Å²) < 4.78 is 1.36. The fourth-order valence-electron chi connectivity index (χ4n) is 1.80. The van der Waals surface area contributed by atoms with Gasteiger partial charge in [0.15, 0.2) is 0 Å². The molecule has 1 aliphatic rings. The maximum absolute atomic E-state index is 2.48. The SMILES string of the molecule is Cc1cc(N2CCCC2)ccc1I. The van der Waals surface area contributed by atoms with Crippen LogP contribution in [0.1, 0.15) is 18.4 Å². The van der Waals surface area contributed by atoms with Gasteiger partial charge in [-0.1, -0.05) is 0 Å². The maximum Gasteiger partial charge on any atom is 0.0369 e. The molecule has 13 heavy (non-hydrogen) atoms. The standard InChI is InChI=1S/C11H14IN/c1-9-8-10(4-5-11(9)12)13-6-2-3-7-13/h4-5,8H,2-3,6-7H2,1H3. The van der Waals surface area contributed by atoms with E-state index in [4.69, 9.17) is 0 Å². The molecule has 1 nitrogen and oxygen atoms in total. The Morgan fingerprint density at radius 1 is 1.23 bits per heavy atom. The molecule has 1 fully saturated rings. The van der Waals surface area contributed by atoms with E-state index in [0.29, 0.717) is 0 Å². The van der Waals surface area contributed by atoms with Crippen molar-refractivity contribution in [2.75, 3.05) is 18.0 Å². The second kappa shape index (κ2) is 3.86. The maximum atomic E-state index is 2.48. The van der Waals surface area contributed by atoms with Crippen LogP contribution in [0.15, 0.2) is 18.2 Å². The number of rotatable bonds is 1. The first kappa shape index (κ1) is 9.31. The number of hydrogen-bond acceptors (Lipinski definition) is 1. The third kappa shape index (κ3) is 1.98. The van der Waals surface area contributed by atoms with Crippen molar-refractivity contribution in [1.82, 2.24) is 0 Å². The lowest BCUT2D eigenvalue weighted by atomic mass is 10.2. The summed E-state index contributed by atoms with van der Waals surface area (Å²) in [6.07, 6.45) is 2.70. The van der Waals surface area contributed by atoms with Crippen molar-refractivity contribution in [2.24, 2.45) is 0 Å².